The Morgan fingerprint density at radius 1 is 1.24 bits per heavy atom. The first-order valence-corrected chi connectivity index (χ1v) is 11.8. The minimum Gasteiger partial charge on any atom is -0.508 e. The molecule has 2 N–H and O–H groups in total. The molecule has 3 aromatic rings. The number of piperidine rings is 1. The molecule has 5 rings (SSSR count). The molecule has 1 aromatic carbocycles. The molecule has 33 heavy (non-hydrogen) atoms. The third-order valence-corrected chi connectivity index (χ3v) is 6.86. The average Bonchev–Trinajstić information content (AvgIpc) is 3.23. The molecule has 2 aliphatic heterocycles. The van der Waals surface area contributed by atoms with Crippen molar-refractivity contribution in [3.8, 4) is 5.75 Å². The van der Waals surface area contributed by atoms with Crippen LogP contribution in [0.5, 0.6) is 5.75 Å². The number of likely N-dealkylation sites (tertiary alicyclic amines) is 1. The number of H-pyrrole nitrogens is 1. The fourth-order valence-electron chi connectivity index (χ4n) is 5.15. The van der Waals surface area contributed by atoms with Crippen molar-refractivity contribution in [2.24, 2.45) is 5.92 Å². The van der Waals surface area contributed by atoms with Crippen LogP contribution in [-0.4, -0.2) is 48.5 Å². The summed E-state index contributed by atoms with van der Waals surface area (Å²) in [4.78, 5) is 34.8. The Hall–Kier alpha value is -3.13. The lowest BCUT2D eigenvalue weighted by Gasteiger charge is -2.35. The highest BCUT2D eigenvalue weighted by Crippen LogP contribution is 2.32. The number of hydrogen-bond donors (Lipinski definition) is 2. The molecule has 0 spiro atoms. The van der Waals surface area contributed by atoms with Crippen LogP contribution < -0.4 is 5.56 Å². The lowest BCUT2D eigenvalue weighted by Crippen LogP contribution is -2.41. The second-order valence-electron chi connectivity index (χ2n) is 9.56. The van der Waals surface area contributed by atoms with E-state index in [0.717, 1.165) is 49.3 Å². The molecule has 1 atom stereocenters. The first-order valence-electron chi connectivity index (χ1n) is 11.8. The van der Waals surface area contributed by atoms with Gasteiger partial charge in [-0.2, -0.15) is 0 Å². The van der Waals surface area contributed by atoms with Crippen LogP contribution in [0.15, 0.2) is 35.1 Å². The molecule has 4 heterocycles. The Morgan fingerprint density at radius 3 is 2.88 bits per heavy atom. The van der Waals surface area contributed by atoms with Gasteiger partial charge in [-0.05, 0) is 37.1 Å². The van der Waals surface area contributed by atoms with E-state index in [1.165, 1.54) is 0 Å². The van der Waals surface area contributed by atoms with Gasteiger partial charge in [0.05, 0.1) is 29.5 Å². The maximum Gasteiger partial charge on any atom is 0.277 e. The predicted octanol–water partition coefficient (Wildman–Crippen LogP) is 3.00. The quantitative estimate of drug-likeness (QED) is 0.639. The van der Waals surface area contributed by atoms with Crippen LogP contribution in [0.1, 0.15) is 61.7 Å². The second-order valence-corrected chi connectivity index (χ2v) is 9.56. The summed E-state index contributed by atoms with van der Waals surface area (Å²) in [7, 11) is 0. The van der Waals surface area contributed by atoms with E-state index in [0.29, 0.717) is 30.7 Å². The fourth-order valence-corrected chi connectivity index (χ4v) is 5.15. The monoisotopic (exact) mass is 449 g/mol. The molecule has 0 bridgehead atoms. The Bertz CT molecular complexity index is 1240. The molecule has 1 unspecified atom stereocenters. The zero-order valence-electron chi connectivity index (χ0n) is 19.3. The highest BCUT2D eigenvalue weighted by molar-refractivity contribution is 5.78. The van der Waals surface area contributed by atoms with Gasteiger partial charge < -0.3 is 10.0 Å². The van der Waals surface area contributed by atoms with Gasteiger partial charge >= 0.3 is 0 Å². The van der Waals surface area contributed by atoms with Gasteiger partial charge in [0.1, 0.15) is 5.75 Å². The van der Waals surface area contributed by atoms with E-state index < -0.39 is 0 Å². The van der Waals surface area contributed by atoms with E-state index in [1.54, 1.807) is 21.5 Å². The predicted molar refractivity (Wildman–Crippen MR) is 125 cm³/mol. The molecule has 0 saturated carbocycles. The topological polar surface area (TPSA) is 93.9 Å². The zero-order valence-corrected chi connectivity index (χ0v) is 19.3. The number of hydrogen-bond acceptors (Lipinski definition) is 5. The van der Waals surface area contributed by atoms with Crippen molar-refractivity contribution in [3.63, 3.8) is 0 Å². The first kappa shape index (κ1) is 21.7. The van der Waals surface area contributed by atoms with Gasteiger partial charge in [0.25, 0.3) is 5.56 Å². The summed E-state index contributed by atoms with van der Waals surface area (Å²) in [6.07, 6.45) is 3.85. The number of carbonyl (C=O) groups is 1. The van der Waals surface area contributed by atoms with Gasteiger partial charge in [-0.15, -0.1) is 0 Å². The number of aromatic nitrogens is 3. The number of nitrogens with one attached hydrogen (secondary N) is 1. The zero-order chi connectivity index (χ0) is 23.1. The summed E-state index contributed by atoms with van der Waals surface area (Å²) in [5.41, 5.74) is 3.99. The molecule has 174 valence electrons. The number of fused-ring (bicyclic) bond motifs is 2. The van der Waals surface area contributed by atoms with Gasteiger partial charge in [-0.1, -0.05) is 32.4 Å². The number of carbonyl (C=O) groups excluding carboxylic acids is 1. The standard InChI is InChI=1S/C25H31N5O3/c1-16(2)24(32)29-11-9-20-19(15-29)25(33)30-23(26-20)13-21(27-30)22-8-3-4-10-28(22)14-17-6-5-7-18(31)12-17/h5-7,12-13,16,22,27,31H,3-4,8-11,14-15H2,1-2H3. The van der Waals surface area contributed by atoms with Crippen molar-refractivity contribution in [3.05, 3.63) is 63.2 Å². The number of phenolic OH excluding ortho intramolecular Hbond substituents is 1. The minimum absolute atomic E-state index is 0.0714. The molecule has 8 heteroatoms. The maximum atomic E-state index is 13.3. The fraction of sp³-hybridized carbons (Fsp3) is 0.480. The number of benzene rings is 1. The van der Waals surface area contributed by atoms with Crippen molar-refractivity contribution >= 4 is 11.6 Å². The highest BCUT2D eigenvalue weighted by Gasteiger charge is 2.29. The van der Waals surface area contributed by atoms with E-state index in [9.17, 15) is 14.7 Å². The lowest BCUT2D eigenvalue weighted by atomic mass is 9.98. The number of aromatic hydroxyl groups is 1. The van der Waals surface area contributed by atoms with Crippen LogP contribution >= 0.6 is 0 Å². The summed E-state index contributed by atoms with van der Waals surface area (Å²) in [5, 5.41) is 13.2. The van der Waals surface area contributed by atoms with E-state index >= 15 is 0 Å². The molecule has 2 aromatic heterocycles. The first-order chi connectivity index (χ1) is 15.9. The second kappa shape index (κ2) is 8.67. The summed E-state index contributed by atoms with van der Waals surface area (Å²) >= 11 is 0. The van der Waals surface area contributed by atoms with Crippen molar-refractivity contribution in [1.29, 1.82) is 0 Å². The normalized spacial score (nSPS) is 19.2. The third-order valence-electron chi connectivity index (χ3n) is 6.86. The van der Waals surface area contributed by atoms with Crippen molar-refractivity contribution in [1.82, 2.24) is 24.4 Å². The van der Waals surface area contributed by atoms with Gasteiger partial charge in [0.2, 0.25) is 5.91 Å². The number of rotatable bonds is 4. The molecular formula is C25H31N5O3. The molecule has 2 aliphatic rings. The van der Waals surface area contributed by atoms with Crippen LogP contribution in [0, 0.1) is 5.92 Å². The Balaban J connectivity index is 1.46. The van der Waals surface area contributed by atoms with Crippen LogP contribution in [0.4, 0.5) is 0 Å². The maximum absolute atomic E-state index is 13.3. The van der Waals surface area contributed by atoms with Gasteiger partial charge in [0.15, 0.2) is 5.65 Å². The van der Waals surface area contributed by atoms with Crippen molar-refractivity contribution < 1.29 is 9.90 Å². The van der Waals surface area contributed by atoms with Crippen LogP contribution in [0.3, 0.4) is 0 Å². The SMILES string of the molecule is CC(C)C(=O)N1CCc2nc3cc(C4CCCCN4Cc4cccc(O)c4)[nH]n3c(=O)c2C1. The largest absolute Gasteiger partial charge is 0.508 e. The molecule has 8 nitrogen and oxygen atoms in total. The molecule has 1 fully saturated rings. The third kappa shape index (κ3) is 4.15. The molecule has 1 amide bonds. The minimum atomic E-state index is -0.113. The smallest absolute Gasteiger partial charge is 0.277 e. The van der Waals surface area contributed by atoms with E-state index in [-0.39, 0.29) is 29.2 Å². The Morgan fingerprint density at radius 2 is 2.09 bits per heavy atom. The summed E-state index contributed by atoms with van der Waals surface area (Å²) in [5.74, 6) is 0.256. The summed E-state index contributed by atoms with van der Waals surface area (Å²) < 4.78 is 1.54. The summed E-state index contributed by atoms with van der Waals surface area (Å²) in [6, 6.07) is 9.54. The highest BCUT2D eigenvalue weighted by atomic mass is 16.3. The van der Waals surface area contributed by atoms with Crippen LogP contribution in [0.25, 0.3) is 5.65 Å². The molecule has 1 saturated heterocycles. The van der Waals surface area contributed by atoms with Gasteiger partial charge in [-0.25, -0.2) is 9.50 Å². The molecular weight excluding hydrogens is 418 g/mol. The van der Waals surface area contributed by atoms with Crippen molar-refractivity contribution in [2.75, 3.05) is 13.1 Å². The van der Waals surface area contributed by atoms with E-state index in [2.05, 4.69) is 10.00 Å². The molecule has 0 aliphatic carbocycles. The number of amides is 1. The van der Waals surface area contributed by atoms with Gasteiger partial charge in [-0.3, -0.25) is 19.6 Å². The van der Waals surface area contributed by atoms with Gasteiger partial charge in [0, 0.05) is 31.5 Å². The Kier molecular flexibility index (Phi) is 5.70. The molecule has 0 radical (unpaired) electrons. The van der Waals surface area contributed by atoms with E-state index in [1.807, 2.05) is 32.0 Å². The van der Waals surface area contributed by atoms with E-state index in [4.69, 9.17) is 4.98 Å². The van der Waals surface area contributed by atoms with Crippen molar-refractivity contribution in [2.45, 2.75) is 58.7 Å². The van der Waals surface area contributed by atoms with Crippen LogP contribution in [-0.2, 0) is 24.3 Å². The Labute approximate surface area is 192 Å². The average molecular weight is 450 g/mol. The lowest BCUT2D eigenvalue weighted by molar-refractivity contribution is -0.135. The number of phenols is 1. The van der Waals surface area contributed by atoms with Crippen LogP contribution in [0.2, 0.25) is 0 Å². The summed E-state index contributed by atoms with van der Waals surface area (Å²) in [6.45, 7) is 6.39. The number of aromatic amines is 1. The number of nitrogens with zero attached hydrogens (tertiary/aromatic N) is 4.